The van der Waals surface area contributed by atoms with Crippen LogP contribution in [0.5, 0.6) is 0 Å². The summed E-state index contributed by atoms with van der Waals surface area (Å²) in [6.07, 6.45) is 4.78. The fourth-order valence-corrected chi connectivity index (χ4v) is 3.43. The van der Waals surface area contributed by atoms with Crippen molar-refractivity contribution in [1.82, 2.24) is 4.98 Å². The van der Waals surface area contributed by atoms with Crippen molar-refractivity contribution >= 4 is 0 Å². The predicted molar refractivity (Wildman–Crippen MR) is 107 cm³/mol. The number of nitrogens with zero attached hydrogens (tertiary/aromatic N) is 1. The number of hydrogen-bond donors (Lipinski definition) is 1. The minimum absolute atomic E-state index is 0.0603. The van der Waals surface area contributed by atoms with Gasteiger partial charge >= 0.3 is 0 Å². The Morgan fingerprint density at radius 3 is 2.16 bits per heavy atom. The highest BCUT2D eigenvalue weighted by Crippen LogP contribution is 2.34. The first-order valence-corrected chi connectivity index (χ1v) is 9.72. The van der Waals surface area contributed by atoms with Gasteiger partial charge in [0.25, 0.3) is 0 Å². The lowest BCUT2D eigenvalue weighted by Crippen LogP contribution is -2.08. The molecule has 136 valence electrons. The molecule has 0 bridgehead atoms. The quantitative estimate of drug-likeness (QED) is 0.579. The molecule has 0 spiro atoms. The summed E-state index contributed by atoms with van der Waals surface area (Å²) in [4.78, 5) is 5.12. The first-order valence-electron chi connectivity index (χ1n) is 9.72. The second-order valence-corrected chi connectivity index (χ2v) is 7.55. The predicted octanol–water partition coefficient (Wildman–Crippen LogP) is 6.22. The van der Waals surface area contributed by atoms with Gasteiger partial charge in [0.15, 0.2) is 0 Å². The second-order valence-electron chi connectivity index (χ2n) is 7.55. The van der Waals surface area contributed by atoms with Crippen LogP contribution in [0.15, 0.2) is 30.3 Å². The number of aryl methyl sites for hydroxylation is 1. The average molecular weight is 340 g/mol. The van der Waals surface area contributed by atoms with Crippen molar-refractivity contribution in [3.05, 3.63) is 52.8 Å². The van der Waals surface area contributed by atoms with E-state index in [0.29, 0.717) is 11.8 Å². The number of aromatic nitrogens is 1. The molecule has 0 saturated heterocycles. The molecule has 0 fully saturated rings. The fraction of sp³-hybridized carbons (Fsp3) is 0.522. The van der Waals surface area contributed by atoms with Gasteiger partial charge in [-0.15, -0.1) is 0 Å². The molecule has 0 radical (unpaired) electrons. The van der Waals surface area contributed by atoms with Gasteiger partial charge < -0.3 is 5.11 Å². The minimum Gasteiger partial charge on any atom is -0.392 e. The van der Waals surface area contributed by atoms with Crippen molar-refractivity contribution in [3.63, 3.8) is 0 Å². The topological polar surface area (TPSA) is 33.1 Å². The molecule has 2 nitrogen and oxygen atoms in total. The Kier molecular flexibility index (Phi) is 7.19. The lowest BCUT2D eigenvalue weighted by molar-refractivity contribution is 0.282. The lowest BCUT2D eigenvalue weighted by Gasteiger charge is -2.21. The molecule has 0 atom stereocenters. The van der Waals surface area contributed by atoms with E-state index in [2.05, 4.69) is 46.8 Å². The van der Waals surface area contributed by atoms with Crippen LogP contribution in [-0.4, -0.2) is 10.1 Å². The zero-order valence-electron chi connectivity index (χ0n) is 16.5. The number of hydrogen-bond acceptors (Lipinski definition) is 2. The highest BCUT2D eigenvalue weighted by atomic mass is 16.3. The molecule has 2 heteroatoms. The van der Waals surface area contributed by atoms with E-state index in [4.69, 9.17) is 4.98 Å². The second kappa shape index (κ2) is 9.15. The normalized spacial score (nSPS) is 11.5. The Morgan fingerprint density at radius 2 is 1.56 bits per heavy atom. The largest absolute Gasteiger partial charge is 0.392 e. The third-order valence-electron chi connectivity index (χ3n) is 4.79. The molecule has 1 N–H and O–H groups in total. The molecular formula is C23H33NO. The van der Waals surface area contributed by atoms with Gasteiger partial charge in [-0.05, 0) is 47.4 Å². The van der Waals surface area contributed by atoms with Crippen LogP contribution in [0.4, 0.5) is 0 Å². The number of rotatable bonds is 8. The summed E-state index contributed by atoms with van der Waals surface area (Å²) < 4.78 is 0. The van der Waals surface area contributed by atoms with E-state index in [-0.39, 0.29) is 6.61 Å². The number of aliphatic hydroxyl groups is 1. The summed E-state index contributed by atoms with van der Waals surface area (Å²) in [6.45, 7) is 11.2. The van der Waals surface area contributed by atoms with Crippen molar-refractivity contribution in [1.29, 1.82) is 0 Å². The van der Waals surface area contributed by atoms with Crippen LogP contribution >= 0.6 is 0 Å². The number of aliphatic hydroxyl groups excluding tert-OH is 1. The molecular weight excluding hydrogens is 306 g/mol. The highest BCUT2D eigenvalue weighted by molar-refractivity contribution is 5.71. The Balaban J connectivity index is 2.62. The van der Waals surface area contributed by atoms with Gasteiger partial charge in [-0.3, -0.25) is 4.98 Å². The third kappa shape index (κ3) is 4.70. The van der Waals surface area contributed by atoms with E-state index >= 15 is 0 Å². The number of benzene rings is 1. The van der Waals surface area contributed by atoms with E-state index in [0.717, 1.165) is 23.2 Å². The standard InChI is InChI=1S/C23H33NO/c1-6-7-8-11-18-14-21(20-13-10-9-12-19(20)15-25)23(17(4)5)24-22(18)16(2)3/h9-10,12-14,16-17,25H,6-8,11,15H2,1-5H3. The van der Waals surface area contributed by atoms with Crippen LogP contribution in [-0.2, 0) is 13.0 Å². The van der Waals surface area contributed by atoms with Crippen LogP contribution < -0.4 is 0 Å². The van der Waals surface area contributed by atoms with Crippen LogP contribution in [0.25, 0.3) is 11.1 Å². The van der Waals surface area contributed by atoms with Gasteiger partial charge in [-0.2, -0.15) is 0 Å². The molecule has 0 unspecified atom stereocenters. The van der Waals surface area contributed by atoms with Gasteiger partial charge in [0.05, 0.1) is 12.3 Å². The van der Waals surface area contributed by atoms with Crippen LogP contribution in [0.3, 0.4) is 0 Å². The summed E-state index contributed by atoms with van der Waals surface area (Å²) in [5.41, 5.74) is 7.04. The van der Waals surface area contributed by atoms with E-state index in [9.17, 15) is 5.11 Å². The van der Waals surface area contributed by atoms with Crippen LogP contribution in [0.1, 0.15) is 88.2 Å². The summed E-state index contributed by atoms with van der Waals surface area (Å²) in [7, 11) is 0. The molecule has 0 aliphatic carbocycles. The molecule has 0 saturated carbocycles. The first-order chi connectivity index (χ1) is 12.0. The number of pyridine rings is 1. The summed E-state index contributed by atoms with van der Waals surface area (Å²) >= 11 is 0. The zero-order valence-corrected chi connectivity index (χ0v) is 16.5. The smallest absolute Gasteiger partial charge is 0.0687 e. The molecule has 0 aliphatic rings. The third-order valence-corrected chi connectivity index (χ3v) is 4.79. The van der Waals surface area contributed by atoms with E-state index in [1.165, 1.54) is 36.1 Å². The fourth-order valence-electron chi connectivity index (χ4n) is 3.43. The van der Waals surface area contributed by atoms with Crippen molar-refractivity contribution < 1.29 is 5.11 Å². The maximum Gasteiger partial charge on any atom is 0.0687 e. The minimum atomic E-state index is 0.0603. The monoisotopic (exact) mass is 339 g/mol. The molecule has 0 amide bonds. The molecule has 0 aliphatic heterocycles. The molecule has 2 rings (SSSR count). The molecule has 2 aromatic rings. The van der Waals surface area contributed by atoms with Gasteiger partial charge in [-0.1, -0.05) is 71.7 Å². The summed E-state index contributed by atoms with van der Waals surface area (Å²) in [5.74, 6) is 0.778. The zero-order chi connectivity index (χ0) is 18.4. The van der Waals surface area contributed by atoms with E-state index in [1.807, 2.05) is 18.2 Å². The first kappa shape index (κ1) is 19.7. The Hall–Kier alpha value is -1.67. The molecule has 1 aromatic heterocycles. The Bertz CT molecular complexity index is 688. The SMILES string of the molecule is CCCCCc1cc(-c2ccccc2CO)c(C(C)C)nc1C(C)C. The summed E-state index contributed by atoms with van der Waals surface area (Å²) in [5, 5.41) is 9.77. The molecule has 1 aromatic carbocycles. The summed E-state index contributed by atoms with van der Waals surface area (Å²) in [6, 6.07) is 10.5. The van der Waals surface area contributed by atoms with Gasteiger partial charge in [-0.25, -0.2) is 0 Å². The van der Waals surface area contributed by atoms with Gasteiger partial charge in [0.1, 0.15) is 0 Å². The lowest BCUT2D eigenvalue weighted by atomic mass is 9.89. The van der Waals surface area contributed by atoms with Gasteiger partial charge in [0, 0.05) is 11.3 Å². The van der Waals surface area contributed by atoms with Crippen LogP contribution in [0, 0.1) is 0 Å². The number of unbranched alkanes of at least 4 members (excludes halogenated alkanes) is 2. The Morgan fingerprint density at radius 1 is 0.880 bits per heavy atom. The van der Waals surface area contributed by atoms with Crippen molar-refractivity contribution in [2.75, 3.05) is 0 Å². The highest BCUT2D eigenvalue weighted by Gasteiger charge is 2.18. The van der Waals surface area contributed by atoms with Gasteiger partial charge in [0.2, 0.25) is 0 Å². The molecule has 25 heavy (non-hydrogen) atoms. The maximum atomic E-state index is 9.77. The Labute approximate surface area is 153 Å². The van der Waals surface area contributed by atoms with E-state index in [1.54, 1.807) is 0 Å². The van der Waals surface area contributed by atoms with Crippen molar-refractivity contribution in [3.8, 4) is 11.1 Å². The van der Waals surface area contributed by atoms with Crippen LogP contribution in [0.2, 0.25) is 0 Å². The maximum absolute atomic E-state index is 9.77. The van der Waals surface area contributed by atoms with E-state index < -0.39 is 0 Å². The average Bonchev–Trinajstić information content (AvgIpc) is 2.61. The molecule has 1 heterocycles. The van der Waals surface area contributed by atoms with Crippen molar-refractivity contribution in [2.24, 2.45) is 0 Å². The van der Waals surface area contributed by atoms with Crippen molar-refractivity contribution in [2.45, 2.75) is 78.7 Å².